The number of amides is 1. The second kappa shape index (κ2) is 13.2. The number of hydrogen-bond acceptors (Lipinski definition) is 5. The molecule has 0 saturated heterocycles. The molecule has 1 aromatic heterocycles. The predicted octanol–water partition coefficient (Wildman–Crippen LogP) is 6.84. The lowest BCUT2D eigenvalue weighted by Crippen LogP contribution is -2.30. The van der Waals surface area contributed by atoms with E-state index in [1.54, 1.807) is 31.3 Å². The van der Waals surface area contributed by atoms with E-state index in [9.17, 15) is 14.9 Å². The molecule has 0 bridgehead atoms. The minimum Gasteiger partial charge on any atom is -0.493 e. The van der Waals surface area contributed by atoms with Crippen molar-refractivity contribution in [1.82, 2.24) is 9.47 Å². The molecule has 0 aliphatic rings. The van der Waals surface area contributed by atoms with E-state index in [-0.39, 0.29) is 28.9 Å². The Morgan fingerprint density at radius 1 is 0.884 bits per heavy atom. The zero-order chi connectivity index (χ0) is 30.3. The Balaban J connectivity index is 1.46. The van der Waals surface area contributed by atoms with Gasteiger partial charge in [-0.1, -0.05) is 66.7 Å². The second-order valence-corrected chi connectivity index (χ2v) is 10.6. The quantitative estimate of drug-likeness (QED) is 0.120. The molecule has 8 heteroatoms. The van der Waals surface area contributed by atoms with E-state index in [0.717, 1.165) is 33.2 Å². The summed E-state index contributed by atoms with van der Waals surface area (Å²) in [6.45, 7) is 1.13. The van der Waals surface area contributed by atoms with Crippen molar-refractivity contribution in [3.8, 4) is 11.5 Å². The van der Waals surface area contributed by atoms with Crippen molar-refractivity contribution in [2.45, 2.75) is 25.3 Å². The number of ether oxygens (including phenoxy) is 2. The summed E-state index contributed by atoms with van der Waals surface area (Å²) in [5.74, 6) is 1.01. The number of carbonyl (C=O) groups excluding carboxylic acids is 1. The number of nitrogens with zero attached hydrogens (tertiary/aromatic N) is 3. The van der Waals surface area contributed by atoms with Crippen molar-refractivity contribution in [3.05, 3.63) is 136 Å². The number of hydrogen-bond donors (Lipinski definition) is 0. The summed E-state index contributed by atoms with van der Waals surface area (Å²) >= 11 is 0. The van der Waals surface area contributed by atoms with Gasteiger partial charge in [0.15, 0.2) is 11.5 Å². The Morgan fingerprint density at radius 2 is 1.58 bits per heavy atom. The molecule has 220 valence electrons. The standard InChI is InChI=1S/C35H35N3O5/c1-36(19-18-25-14-17-33(42-2)34(20-25)43-3)35(39)22-29(27-12-8-5-9-13-27)31-24-37(23-26-10-6-4-7-11-26)32-16-15-28(38(40)41)21-30(31)32/h4-17,20-21,24,29H,18-19,22-23H2,1-3H3. The molecule has 5 rings (SSSR count). The molecule has 1 atom stereocenters. The van der Waals surface area contributed by atoms with E-state index < -0.39 is 0 Å². The van der Waals surface area contributed by atoms with Crippen LogP contribution in [0.4, 0.5) is 5.69 Å². The molecule has 1 amide bonds. The minimum atomic E-state index is -0.373. The van der Waals surface area contributed by atoms with Gasteiger partial charge in [0, 0.05) is 61.7 Å². The van der Waals surface area contributed by atoms with Crippen molar-refractivity contribution in [1.29, 1.82) is 0 Å². The van der Waals surface area contributed by atoms with E-state index in [2.05, 4.69) is 22.9 Å². The average molecular weight is 578 g/mol. The number of methoxy groups -OCH3 is 2. The van der Waals surface area contributed by atoms with Crippen molar-refractivity contribution >= 4 is 22.5 Å². The molecule has 8 nitrogen and oxygen atoms in total. The molecule has 0 N–H and O–H groups in total. The van der Waals surface area contributed by atoms with Gasteiger partial charge < -0.3 is 18.9 Å². The zero-order valence-corrected chi connectivity index (χ0v) is 24.6. The lowest BCUT2D eigenvalue weighted by Gasteiger charge is -2.22. The van der Waals surface area contributed by atoms with Crippen LogP contribution in [0.5, 0.6) is 11.5 Å². The van der Waals surface area contributed by atoms with Crippen LogP contribution in [0.2, 0.25) is 0 Å². The van der Waals surface area contributed by atoms with Gasteiger partial charge in [0.2, 0.25) is 5.91 Å². The Bertz CT molecular complexity index is 1720. The van der Waals surface area contributed by atoms with Gasteiger partial charge in [0.1, 0.15) is 0 Å². The van der Waals surface area contributed by atoms with Gasteiger partial charge in [-0.25, -0.2) is 0 Å². The summed E-state index contributed by atoms with van der Waals surface area (Å²) in [7, 11) is 5.02. The Labute approximate surface area is 251 Å². The van der Waals surface area contributed by atoms with Crippen LogP contribution in [0.1, 0.15) is 34.6 Å². The summed E-state index contributed by atoms with van der Waals surface area (Å²) in [5.41, 5.74) is 4.94. The molecule has 0 aliphatic heterocycles. The number of nitro groups is 1. The van der Waals surface area contributed by atoms with Gasteiger partial charge in [0.25, 0.3) is 5.69 Å². The van der Waals surface area contributed by atoms with Crippen LogP contribution in [0.15, 0.2) is 103 Å². The lowest BCUT2D eigenvalue weighted by atomic mass is 9.87. The first-order valence-corrected chi connectivity index (χ1v) is 14.2. The van der Waals surface area contributed by atoms with Crippen LogP contribution < -0.4 is 9.47 Å². The van der Waals surface area contributed by atoms with Gasteiger partial charge in [-0.3, -0.25) is 14.9 Å². The highest BCUT2D eigenvalue weighted by Gasteiger charge is 2.25. The Morgan fingerprint density at radius 3 is 2.26 bits per heavy atom. The highest BCUT2D eigenvalue weighted by Crippen LogP contribution is 2.37. The highest BCUT2D eigenvalue weighted by atomic mass is 16.6. The summed E-state index contributed by atoms with van der Waals surface area (Å²) in [4.78, 5) is 26.8. The van der Waals surface area contributed by atoms with E-state index in [1.165, 1.54) is 6.07 Å². The van der Waals surface area contributed by atoms with Crippen LogP contribution in [0, 0.1) is 10.1 Å². The summed E-state index contributed by atoms with van der Waals surface area (Å²) in [6, 6.07) is 30.7. The molecule has 0 aliphatic carbocycles. The third-order valence-corrected chi connectivity index (χ3v) is 7.87. The molecule has 0 saturated carbocycles. The summed E-state index contributed by atoms with van der Waals surface area (Å²) < 4.78 is 12.9. The first kappa shape index (κ1) is 29.4. The van der Waals surface area contributed by atoms with Gasteiger partial charge in [-0.05, 0) is 46.9 Å². The maximum absolute atomic E-state index is 13.7. The van der Waals surface area contributed by atoms with E-state index >= 15 is 0 Å². The fourth-order valence-electron chi connectivity index (χ4n) is 5.50. The maximum atomic E-state index is 13.7. The first-order valence-electron chi connectivity index (χ1n) is 14.2. The number of likely N-dealkylation sites (N-methyl/N-ethyl adjacent to an activating group) is 1. The molecule has 0 fully saturated rings. The normalized spacial score (nSPS) is 11.7. The first-order chi connectivity index (χ1) is 20.9. The monoisotopic (exact) mass is 577 g/mol. The maximum Gasteiger partial charge on any atom is 0.270 e. The Hall–Kier alpha value is -5.11. The van der Waals surface area contributed by atoms with Gasteiger partial charge in [-0.2, -0.15) is 0 Å². The van der Waals surface area contributed by atoms with Gasteiger partial charge >= 0.3 is 0 Å². The predicted molar refractivity (Wildman–Crippen MR) is 168 cm³/mol. The van der Waals surface area contributed by atoms with Crippen LogP contribution in [0.3, 0.4) is 0 Å². The zero-order valence-electron chi connectivity index (χ0n) is 24.6. The van der Waals surface area contributed by atoms with Crippen molar-refractivity contribution in [3.63, 3.8) is 0 Å². The molecule has 0 spiro atoms. The Kier molecular flexibility index (Phi) is 9.05. The number of non-ortho nitro benzene ring substituents is 1. The molecule has 1 heterocycles. The number of rotatable bonds is 12. The van der Waals surface area contributed by atoms with E-state index in [0.29, 0.717) is 31.0 Å². The van der Waals surface area contributed by atoms with E-state index in [1.807, 2.05) is 73.8 Å². The fourth-order valence-corrected chi connectivity index (χ4v) is 5.50. The number of fused-ring (bicyclic) bond motifs is 1. The summed E-state index contributed by atoms with van der Waals surface area (Å²) in [5, 5.41) is 12.5. The van der Waals surface area contributed by atoms with Crippen LogP contribution in [-0.2, 0) is 17.8 Å². The molecule has 43 heavy (non-hydrogen) atoms. The smallest absolute Gasteiger partial charge is 0.270 e. The van der Waals surface area contributed by atoms with Crippen molar-refractivity contribution < 1.29 is 19.2 Å². The third kappa shape index (κ3) is 6.70. The molecule has 1 unspecified atom stereocenters. The molecule has 5 aromatic rings. The van der Waals surface area contributed by atoms with Crippen molar-refractivity contribution in [2.24, 2.45) is 0 Å². The lowest BCUT2D eigenvalue weighted by molar-refractivity contribution is -0.384. The number of carbonyl (C=O) groups is 1. The van der Waals surface area contributed by atoms with Gasteiger partial charge in [0.05, 0.1) is 19.1 Å². The largest absolute Gasteiger partial charge is 0.493 e. The van der Waals surface area contributed by atoms with Crippen molar-refractivity contribution in [2.75, 3.05) is 27.8 Å². The molecule has 4 aromatic carbocycles. The minimum absolute atomic E-state index is 0.0104. The van der Waals surface area contributed by atoms with E-state index in [4.69, 9.17) is 9.47 Å². The SMILES string of the molecule is COc1ccc(CCN(C)C(=O)CC(c2ccccc2)c2cn(Cc3ccccc3)c3ccc([N+](=O)[O-])cc23)cc1OC. The topological polar surface area (TPSA) is 86.8 Å². The fraction of sp³-hybridized carbons (Fsp3) is 0.229. The number of benzene rings is 4. The molecular weight excluding hydrogens is 542 g/mol. The number of aromatic nitrogens is 1. The molecular formula is C35H35N3O5. The van der Waals surface area contributed by atoms with Crippen LogP contribution >= 0.6 is 0 Å². The third-order valence-electron chi connectivity index (χ3n) is 7.87. The van der Waals surface area contributed by atoms with Crippen LogP contribution in [-0.4, -0.2) is 48.1 Å². The van der Waals surface area contributed by atoms with Gasteiger partial charge in [-0.15, -0.1) is 0 Å². The van der Waals surface area contributed by atoms with Crippen LogP contribution in [0.25, 0.3) is 10.9 Å². The highest BCUT2D eigenvalue weighted by molar-refractivity contribution is 5.88. The average Bonchev–Trinajstić information content (AvgIpc) is 3.39. The second-order valence-electron chi connectivity index (χ2n) is 10.6. The number of nitro benzene ring substituents is 1. The molecule has 0 radical (unpaired) electrons. The summed E-state index contributed by atoms with van der Waals surface area (Å²) in [6.07, 6.45) is 2.93.